The van der Waals surface area contributed by atoms with Gasteiger partial charge in [-0.2, -0.15) is 13.2 Å². The van der Waals surface area contributed by atoms with Crippen LogP contribution in [0, 0.1) is 6.92 Å². The van der Waals surface area contributed by atoms with E-state index in [-0.39, 0.29) is 28.9 Å². The normalized spacial score (nSPS) is 16.3. The molecule has 2 aromatic carbocycles. The number of anilines is 1. The van der Waals surface area contributed by atoms with Gasteiger partial charge >= 0.3 is 11.5 Å². The zero-order chi connectivity index (χ0) is 23.3. The van der Waals surface area contributed by atoms with E-state index in [9.17, 15) is 22.8 Å². The number of benzene rings is 2. The monoisotopic (exact) mass is 459 g/mol. The number of nitrogens with zero attached hydrogens (tertiary/aromatic N) is 3. The molecule has 2 heterocycles. The Bertz CT molecular complexity index is 1210. The summed E-state index contributed by atoms with van der Waals surface area (Å²) in [7, 11) is 0. The van der Waals surface area contributed by atoms with Crippen molar-refractivity contribution in [3.8, 4) is 0 Å². The summed E-state index contributed by atoms with van der Waals surface area (Å²) in [5.74, 6) is -0.436. The van der Waals surface area contributed by atoms with E-state index in [1.165, 1.54) is 29.2 Å². The van der Waals surface area contributed by atoms with E-state index < -0.39 is 23.0 Å². The van der Waals surface area contributed by atoms with Gasteiger partial charge < -0.3 is 4.90 Å². The molecule has 0 unspecified atom stereocenters. The highest BCUT2D eigenvalue weighted by Gasteiger charge is 2.51. The van der Waals surface area contributed by atoms with Crippen molar-refractivity contribution in [3.05, 3.63) is 65.9 Å². The van der Waals surface area contributed by atoms with E-state index >= 15 is 0 Å². The SMILES string of the molecule is Cc1cc(CN2C(=O)N(c3ccc(SC(F)(F)F)cc3)C(=O)C2(C)C)c2ccccc2n1. The predicted octanol–water partition coefficient (Wildman–Crippen LogP) is 5.90. The predicted molar refractivity (Wildman–Crippen MR) is 117 cm³/mol. The number of imide groups is 1. The fourth-order valence-electron chi connectivity index (χ4n) is 3.82. The van der Waals surface area contributed by atoms with Crippen LogP contribution in [0.4, 0.5) is 23.7 Å². The molecule has 0 spiro atoms. The Morgan fingerprint density at radius 1 is 1.03 bits per heavy atom. The van der Waals surface area contributed by atoms with Gasteiger partial charge in [-0.25, -0.2) is 9.69 Å². The summed E-state index contributed by atoms with van der Waals surface area (Å²) in [6.45, 7) is 5.39. The molecular formula is C23H20F3N3O2S. The summed E-state index contributed by atoms with van der Waals surface area (Å²) in [5.41, 5.74) is -2.85. The summed E-state index contributed by atoms with van der Waals surface area (Å²) in [5, 5.41) is 0.890. The second-order valence-electron chi connectivity index (χ2n) is 8.05. The third-order valence-corrected chi connectivity index (χ3v) is 6.15. The third-order valence-electron chi connectivity index (χ3n) is 5.41. The lowest BCUT2D eigenvalue weighted by Gasteiger charge is -2.28. The molecule has 5 nitrogen and oxygen atoms in total. The molecule has 1 aromatic heterocycles. The molecule has 0 radical (unpaired) electrons. The molecule has 0 N–H and O–H groups in total. The van der Waals surface area contributed by atoms with Gasteiger partial charge in [0.25, 0.3) is 5.91 Å². The van der Waals surface area contributed by atoms with Gasteiger partial charge in [-0.15, -0.1) is 0 Å². The fraction of sp³-hybridized carbons (Fsp3) is 0.261. The maximum Gasteiger partial charge on any atom is 0.446 e. The number of alkyl halides is 3. The number of pyridine rings is 1. The van der Waals surface area contributed by atoms with Crippen LogP contribution in [0.2, 0.25) is 0 Å². The molecule has 0 aliphatic carbocycles. The molecule has 4 rings (SSSR count). The van der Waals surface area contributed by atoms with E-state index in [2.05, 4.69) is 4.98 Å². The minimum Gasteiger partial charge on any atom is -0.305 e. The summed E-state index contributed by atoms with van der Waals surface area (Å²) >= 11 is -0.247. The van der Waals surface area contributed by atoms with Crippen molar-refractivity contribution in [2.45, 2.75) is 43.3 Å². The minimum absolute atomic E-state index is 0.0183. The number of fused-ring (bicyclic) bond motifs is 1. The second kappa shape index (κ2) is 7.81. The number of carbonyl (C=O) groups excluding carboxylic acids is 2. The molecule has 0 atom stereocenters. The van der Waals surface area contributed by atoms with Crippen molar-refractivity contribution in [1.82, 2.24) is 9.88 Å². The standard InChI is InChI=1S/C23H20F3N3O2S/c1-14-12-15(18-6-4-5-7-19(18)27-14)13-28-21(31)29(20(30)22(28,2)3)16-8-10-17(11-9-16)32-23(24,25)26/h4-12H,13H2,1-3H3. The molecule has 0 bridgehead atoms. The number of aromatic nitrogens is 1. The summed E-state index contributed by atoms with van der Waals surface area (Å²) in [4.78, 5) is 33.5. The molecule has 1 aliphatic rings. The van der Waals surface area contributed by atoms with Gasteiger partial charge in [0.05, 0.1) is 11.2 Å². The number of hydrogen-bond acceptors (Lipinski definition) is 4. The van der Waals surface area contributed by atoms with Gasteiger partial charge in [-0.1, -0.05) is 18.2 Å². The lowest BCUT2D eigenvalue weighted by Crippen LogP contribution is -2.43. The van der Waals surface area contributed by atoms with Gasteiger partial charge in [0.2, 0.25) is 0 Å². The average molecular weight is 459 g/mol. The number of halogens is 3. The number of carbonyl (C=O) groups is 2. The van der Waals surface area contributed by atoms with Crippen LogP contribution in [0.25, 0.3) is 10.9 Å². The number of rotatable bonds is 4. The van der Waals surface area contributed by atoms with Crippen LogP contribution in [0.15, 0.2) is 59.5 Å². The first-order valence-electron chi connectivity index (χ1n) is 9.84. The van der Waals surface area contributed by atoms with E-state index in [0.717, 1.165) is 27.1 Å². The van der Waals surface area contributed by atoms with E-state index in [1.54, 1.807) is 13.8 Å². The van der Waals surface area contributed by atoms with Crippen molar-refractivity contribution in [1.29, 1.82) is 0 Å². The van der Waals surface area contributed by atoms with Gasteiger partial charge in [0, 0.05) is 22.5 Å². The van der Waals surface area contributed by atoms with Gasteiger partial charge in [0.15, 0.2) is 0 Å². The number of amides is 3. The van der Waals surface area contributed by atoms with Crippen molar-refractivity contribution in [2.75, 3.05) is 4.90 Å². The Kier molecular flexibility index (Phi) is 5.40. The first kappa shape index (κ1) is 22.1. The number of aryl methyl sites for hydroxylation is 1. The Morgan fingerprint density at radius 3 is 2.34 bits per heavy atom. The topological polar surface area (TPSA) is 53.5 Å². The third kappa shape index (κ3) is 4.04. The zero-order valence-electron chi connectivity index (χ0n) is 17.6. The molecule has 1 aliphatic heterocycles. The largest absolute Gasteiger partial charge is 0.446 e. The highest BCUT2D eigenvalue weighted by Crippen LogP contribution is 2.39. The zero-order valence-corrected chi connectivity index (χ0v) is 18.4. The Labute approximate surface area is 187 Å². The lowest BCUT2D eigenvalue weighted by atomic mass is 10.0. The Balaban J connectivity index is 1.66. The van der Waals surface area contributed by atoms with Crippen LogP contribution in [0.3, 0.4) is 0 Å². The van der Waals surface area contributed by atoms with Crippen LogP contribution < -0.4 is 4.90 Å². The van der Waals surface area contributed by atoms with Gasteiger partial charge in [0.1, 0.15) is 5.54 Å². The highest BCUT2D eigenvalue weighted by atomic mass is 32.2. The van der Waals surface area contributed by atoms with Crippen molar-refractivity contribution in [2.24, 2.45) is 0 Å². The maximum absolute atomic E-state index is 13.3. The minimum atomic E-state index is -4.41. The Hall–Kier alpha value is -3.07. The summed E-state index contributed by atoms with van der Waals surface area (Å²) < 4.78 is 37.8. The molecule has 1 fully saturated rings. The van der Waals surface area contributed by atoms with Crippen molar-refractivity contribution < 1.29 is 22.8 Å². The van der Waals surface area contributed by atoms with E-state index in [4.69, 9.17) is 0 Å². The van der Waals surface area contributed by atoms with Crippen LogP contribution in [0.1, 0.15) is 25.1 Å². The molecule has 0 saturated carbocycles. The number of urea groups is 1. The molecule has 166 valence electrons. The second-order valence-corrected chi connectivity index (χ2v) is 9.19. The van der Waals surface area contributed by atoms with Gasteiger partial charge in [-0.05, 0) is 74.5 Å². The molecule has 3 amide bonds. The van der Waals surface area contributed by atoms with E-state index in [1.807, 2.05) is 37.3 Å². The van der Waals surface area contributed by atoms with Crippen LogP contribution in [0.5, 0.6) is 0 Å². The van der Waals surface area contributed by atoms with Crippen LogP contribution >= 0.6 is 11.8 Å². The van der Waals surface area contributed by atoms with E-state index in [0.29, 0.717) is 0 Å². The lowest BCUT2D eigenvalue weighted by molar-refractivity contribution is -0.123. The Morgan fingerprint density at radius 2 is 1.69 bits per heavy atom. The van der Waals surface area contributed by atoms with Crippen LogP contribution in [-0.2, 0) is 11.3 Å². The molecular weight excluding hydrogens is 439 g/mol. The molecule has 3 aromatic rings. The number of thioether (sulfide) groups is 1. The summed E-state index contributed by atoms with van der Waals surface area (Å²) in [6.07, 6.45) is 0. The number of para-hydroxylation sites is 1. The summed E-state index contributed by atoms with van der Waals surface area (Å²) in [6, 6.07) is 14.2. The molecule has 32 heavy (non-hydrogen) atoms. The highest BCUT2D eigenvalue weighted by molar-refractivity contribution is 8.00. The first-order valence-corrected chi connectivity index (χ1v) is 10.7. The smallest absolute Gasteiger partial charge is 0.305 e. The van der Waals surface area contributed by atoms with Crippen LogP contribution in [-0.4, -0.2) is 32.9 Å². The molecule has 9 heteroatoms. The fourth-order valence-corrected chi connectivity index (χ4v) is 4.36. The van der Waals surface area contributed by atoms with Gasteiger partial charge in [-0.3, -0.25) is 9.78 Å². The number of hydrogen-bond donors (Lipinski definition) is 0. The average Bonchev–Trinajstić information content (AvgIpc) is 2.87. The maximum atomic E-state index is 13.3. The quantitative estimate of drug-likeness (QED) is 0.360. The molecule has 1 saturated heterocycles. The van der Waals surface area contributed by atoms with Crippen molar-refractivity contribution >= 4 is 40.3 Å². The van der Waals surface area contributed by atoms with Crippen molar-refractivity contribution in [3.63, 3.8) is 0 Å². The first-order chi connectivity index (χ1) is 15.0.